The molecule has 4 bridgehead atoms. The highest BCUT2D eigenvalue weighted by molar-refractivity contribution is 5.95. The average Bonchev–Trinajstić information content (AvgIpc) is 3.56. The van der Waals surface area contributed by atoms with Crippen LogP contribution >= 0.6 is 0 Å². The normalized spacial score (nSPS) is 39.4. The van der Waals surface area contributed by atoms with Gasteiger partial charge < -0.3 is 20.9 Å². The van der Waals surface area contributed by atoms with Crippen LogP contribution in [0.2, 0.25) is 0 Å². The number of nitrogens with one attached hydrogen (secondary N) is 3. The quantitative estimate of drug-likeness (QED) is 0.437. The Labute approximate surface area is 224 Å². The number of hydrogen-bond donors (Lipinski definition) is 3. The van der Waals surface area contributed by atoms with E-state index in [1.807, 2.05) is 20.8 Å². The minimum Gasteiger partial charge on any atom is -0.356 e. The van der Waals surface area contributed by atoms with Crippen LogP contribution in [0.1, 0.15) is 59.3 Å². The minimum absolute atomic E-state index is 0.00277. The van der Waals surface area contributed by atoms with Crippen LogP contribution in [0.25, 0.3) is 0 Å². The first-order valence-corrected chi connectivity index (χ1v) is 14.3. The molecule has 0 aromatic carbocycles. The summed E-state index contributed by atoms with van der Waals surface area (Å²) in [4.78, 5) is 55.1. The molecule has 7 aliphatic rings. The lowest BCUT2D eigenvalue weighted by molar-refractivity contribution is -0.168. The van der Waals surface area contributed by atoms with E-state index in [9.17, 15) is 24.4 Å². The highest BCUT2D eigenvalue weighted by atomic mass is 16.2. The number of nitrogens with zero attached hydrogens (tertiary/aromatic N) is 2. The van der Waals surface area contributed by atoms with Gasteiger partial charge in [-0.1, -0.05) is 32.9 Å². The lowest BCUT2D eigenvalue weighted by Gasteiger charge is -2.60. The van der Waals surface area contributed by atoms with Gasteiger partial charge in [-0.3, -0.25) is 19.2 Å². The zero-order valence-electron chi connectivity index (χ0n) is 22.5. The molecular weight excluding hydrogens is 482 g/mol. The van der Waals surface area contributed by atoms with Crippen molar-refractivity contribution < 1.29 is 19.2 Å². The van der Waals surface area contributed by atoms with E-state index >= 15 is 0 Å². The van der Waals surface area contributed by atoms with E-state index in [0.29, 0.717) is 31.3 Å². The number of nitriles is 1. The Morgan fingerprint density at radius 2 is 1.89 bits per heavy atom. The first kappa shape index (κ1) is 25.4. The molecule has 4 saturated carbocycles. The molecule has 3 N–H and O–H groups in total. The summed E-state index contributed by atoms with van der Waals surface area (Å²) < 4.78 is 0. The lowest BCUT2D eigenvalue weighted by Crippen LogP contribution is -2.65. The van der Waals surface area contributed by atoms with Crippen LogP contribution in [0.3, 0.4) is 0 Å². The second-order valence-corrected chi connectivity index (χ2v) is 13.9. The van der Waals surface area contributed by atoms with Crippen LogP contribution in [0.5, 0.6) is 0 Å². The highest BCUT2D eigenvalue weighted by Crippen LogP contribution is 2.64. The van der Waals surface area contributed by atoms with Crippen molar-refractivity contribution in [3.05, 3.63) is 12.2 Å². The van der Waals surface area contributed by atoms with Gasteiger partial charge in [0, 0.05) is 24.4 Å². The van der Waals surface area contributed by atoms with Gasteiger partial charge in [-0.25, -0.2) is 0 Å². The van der Waals surface area contributed by atoms with Crippen molar-refractivity contribution in [2.75, 3.05) is 13.1 Å². The minimum atomic E-state index is -0.802. The third-order valence-corrected chi connectivity index (χ3v) is 10.4. The zero-order valence-corrected chi connectivity index (χ0v) is 22.5. The first-order chi connectivity index (χ1) is 18.0. The van der Waals surface area contributed by atoms with Crippen molar-refractivity contribution in [1.29, 1.82) is 5.26 Å². The Hall–Kier alpha value is -2.89. The predicted octanol–water partition coefficient (Wildman–Crippen LogP) is 1.50. The van der Waals surface area contributed by atoms with E-state index in [1.165, 1.54) is 0 Å². The number of carbonyl (C=O) groups excluding carboxylic acids is 4. The maximum atomic E-state index is 14.2. The van der Waals surface area contributed by atoms with E-state index in [2.05, 4.69) is 34.2 Å². The largest absolute Gasteiger partial charge is 0.356 e. The molecule has 6 fully saturated rings. The Bertz CT molecular complexity index is 1120. The number of hydrogen-bond acceptors (Lipinski definition) is 5. The molecule has 2 heterocycles. The third-order valence-electron chi connectivity index (χ3n) is 10.4. The fourth-order valence-corrected chi connectivity index (χ4v) is 8.19. The molecule has 0 unspecified atom stereocenters. The van der Waals surface area contributed by atoms with Gasteiger partial charge in [0.2, 0.25) is 23.6 Å². The summed E-state index contributed by atoms with van der Waals surface area (Å²) in [6, 6.07) is -0.0748. The molecule has 2 aliphatic heterocycles. The molecule has 5 aliphatic carbocycles. The van der Waals surface area contributed by atoms with Crippen LogP contribution in [0.15, 0.2) is 12.2 Å². The van der Waals surface area contributed by atoms with Gasteiger partial charge in [0.25, 0.3) is 0 Å². The molecule has 9 heteroatoms. The van der Waals surface area contributed by atoms with Crippen molar-refractivity contribution in [3.63, 3.8) is 0 Å². The number of likely N-dealkylation sites (tertiary alicyclic amines) is 1. The smallest absolute Gasteiger partial charge is 0.246 e. The van der Waals surface area contributed by atoms with E-state index in [1.54, 1.807) is 4.90 Å². The summed E-state index contributed by atoms with van der Waals surface area (Å²) in [5.74, 6) is 0.470. The topological polar surface area (TPSA) is 131 Å². The maximum absolute atomic E-state index is 14.2. The van der Waals surface area contributed by atoms with Crippen LogP contribution in [-0.2, 0) is 19.2 Å². The van der Waals surface area contributed by atoms with Crippen molar-refractivity contribution in [3.8, 4) is 6.07 Å². The Balaban J connectivity index is 1.23. The number of rotatable bonds is 7. The summed E-state index contributed by atoms with van der Waals surface area (Å²) in [6.45, 7) is 6.92. The summed E-state index contributed by atoms with van der Waals surface area (Å²) in [7, 11) is 0. The van der Waals surface area contributed by atoms with Crippen molar-refractivity contribution in [2.24, 2.45) is 46.3 Å². The second-order valence-electron chi connectivity index (χ2n) is 13.9. The van der Waals surface area contributed by atoms with Crippen LogP contribution in [0.4, 0.5) is 0 Å². The van der Waals surface area contributed by atoms with Gasteiger partial charge >= 0.3 is 0 Å². The molecule has 2 saturated heterocycles. The van der Waals surface area contributed by atoms with Crippen molar-refractivity contribution in [1.82, 2.24) is 20.9 Å². The third kappa shape index (κ3) is 3.94. The van der Waals surface area contributed by atoms with Crippen LogP contribution in [-0.4, -0.2) is 59.7 Å². The van der Waals surface area contributed by atoms with E-state index < -0.39 is 23.5 Å². The fourth-order valence-electron chi connectivity index (χ4n) is 8.19. The Morgan fingerprint density at radius 1 is 1.18 bits per heavy atom. The second kappa shape index (κ2) is 8.82. The predicted molar refractivity (Wildman–Crippen MR) is 138 cm³/mol. The van der Waals surface area contributed by atoms with Crippen molar-refractivity contribution in [2.45, 2.75) is 77.4 Å². The summed E-state index contributed by atoms with van der Waals surface area (Å²) >= 11 is 0. The number of amides is 4. The molecular formula is C29H39N5O4. The summed E-state index contributed by atoms with van der Waals surface area (Å²) in [6.07, 6.45) is 9.03. The molecule has 8 atom stereocenters. The number of carbonyl (C=O) groups is 4. The Kier molecular flexibility index (Phi) is 5.89. The monoisotopic (exact) mass is 521 g/mol. The number of fused-ring (bicyclic) bond motifs is 5. The van der Waals surface area contributed by atoms with Crippen LogP contribution in [0, 0.1) is 57.7 Å². The van der Waals surface area contributed by atoms with Gasteiger partial charge in [0.15, 0.2) is 0 Å². The summed E-state index contributed by atoms with van der Waals surface area (Å²) in [5.41, 5.74) is -0.834. The van der Waals surface area contributed by atoms with E-state index in [0.717, 1.165) is 25.7 Å². The number of allylic oxidation sites excluding steroid dienone is 2. The molecule has 204 valence electrons. The molecule has 0 aromatic rings. The molecule has 0 aromatic heterocycles. The molecule has 0 spiro atoms. The van der Waals surface area contributed by atoms with Gasteiger partial charge in [-0.05, 0) is 73.5 Å². The first-order valence-electron chi connectivity index (χ1n) is 14.3. The van der Waals surface area contributed by atoms with Gasteiger partial charge in [0.05, 0.1) is 6.07 Å². The maximum Gasteiger partial charge on any atom is 0.246 e. The van der Waals surface area contributed by atoms with E-state index in [-0.39, 0.29) is 59.1 Å². The standard InChI is InChI=1S/C29H39N5O4/c1-28(2,3)23(33-27(38)29-10-15(11-29)12-29)26(37)34-14-20-16-4-5-17(8-16)21(20)22(34)25(36)32-19(13-30)9-18-6-7-31-24(18)35/h4-5,15-23H,6-12,14H2,1-3H3,(H,31,35)(H,32,36)(H,33,38)/t15?,16-,17+,18+,19+,20-,21+,22+,23-,29?/m1/s1. The summed E-state index contributed by atoms with van der Waals surface area (Å²) in [5, 5.41) is 18.6. The molecule has 9 nitrogen and oxygen atoms in total. The average molecular weight is 522 g/mol. The Morgan fingerprint density at radius 3 is 2.47 bits per heavy atom. The fraction of sp³-hybridized carbons (Fsp3) is 0.759. The molecule has 4 amide bonds. The van der Waals surface area contributed by atoms with Crippen LogP contribution < -0.4 is 16.0 Å². The molecule has 38 heavy (non-hydrogen) atoms. The van der Waals surface area contributed by atoms with Gasteiger partial charge in [-0.2, -0.15) is 5.26 Å². The highest BCUT2D eigenvalue weighted by Gasteiger charge is 2.63. The zero-order chi connectivity index (χ0) is 27.0. The molecule has 0 radical (unpaired) electrons. The molecule has 7 rings (SSSR count). The van der Waals surface area contributed by atoms with Gasteiger partial charge in [-0.15, -0.1) is 0 Å². The van der Waals surface area contributed by atoms with E-state index in [4.69, 9.17) is 0 Å². The van der Waals surface area contributed by atoms with Crippen molar-refractivity contribution >= 4 is 23.6 Å². The lowest BCUT2D eigenvalue weighted by atomic mass is 9.44. The van der Waals surface area contributed by atoms with Gasteiger partial charge in [0.1, 0.15) is 18.1 Å². The SMILES string of the molecule is CC(C)(C)[C@H](NC(=O)C12CC(C1)C2)C(=O)N1C[C@H]2[C@@H]([C@H]1C(=O)N[C@H](C#N)C[C@@H]1CCNC1=O)[C@H]1C=C[C@@H]2C1.